The van der Waals surface area contributed by atoms with Crippen LogP contribution in [0.2, 0.25) is 18.1 Å². The van der Waals surface area contributed by atoms with Crippen molar-refractivity contribution in [1.29, 1.82) is 0 Å². The number of hydrogen-bond donors (Lipinski definition) is 0. The summed E-state index contributed by atoms with van der Waals surface area (Å²) in [7, 11) is -0.512. The molecule has 0 saturated heterocycles. The van der Waals surface area contributed by atoms with Crippen LogP contribution in [-0.2, 0) is 14.0 Å². The van der Waals surface area contributed by atoms with Crippen molar-refractivity contribution in [1.82, 2.24) is 0 Å². The van der Waals surface area contributed by atoms with Crippen LogP contribution < -0.4 is 0 Å². The van der Waals surface area contributed by atoms with Crippen LogP contribution in [0.3, 0.4) is 0 Å². The highest BCUT2D eigenvalue weighted by molar-refractivity contribution is 6.74. The number of rotatable bonds is 7. The van der Waals surface area contributed by atoms with E-state index < -0.39 is 8.32 Å². The molecule has 132 valence electrons. The Hall–Kier alpha value is -1.65. The van der Waals surface area contributed by atoms with Gasteiger partial charge in [0, 0.05) is 6.08 Å². The Labute approximate surface area is 147 Å². The van der Waals surface area contributed by atoms with Gasteiger partial charge >= 0.3 is 5.97 Å². The highest BCUT2D eigenvalue weighted by Gasteiger charge is 2.38. The van der Waals surface area contributed by atoms with Crippen molar-refractivity contribution >= 4 is 20.4 Å². The van der Waals surface area contributed by atoms with E-state index in [2.05, 4.69) is 62.9 Å². The van der Waals surface area contributed by atoms with Gasteiger partial charge in [-0.1, -0.05) is 69.3 Å². The topological polar surface area (TPSA) is 35.5 Å². The Balaban J connectivity index is 2.88. The van der Waals surface area contributed by atoms with Gasteiger partial charge in [0.15, 0.2) is 8.32 Å². The fraction of sp³-hybridized carbons (Fsp3) is 0.450. The van der Waals surface area contributed by atoms with Crippen molar-refractivity contribution in [2.45, 2.75) is 51.4 Å². The highest BCUT2D eigenvalue weighted by Crippen LogP contribution is 2.37. The van der Waals surface area contributed by atoms with Crippen LogP contribution >= 0.6 is 0 Å². The van der Waals surface area contributed by atoms with Crippen molar-refractivity contribution in [3.8, 4) is 0 Å². The molecule has 0 saturated carbocycles. The molecule has 1 rings (SSSR count). The molecule has 1 aromatic carbocycles. The molecule has 0 aliphatic heterocycles. The number of methoxy groups -OCH3 is 1. The number of hydrogen-bond acceptors (Lipinski definition) is 3. The van der Waals surface area contributed by atoms with Gasteiger partial charge in [0.2, 0.25) is 0 Å². The van der Waals surface area contributed by atoms with Gasteiger partial charge in [0.05, 0.1) is 13.2 Å². The number of esters is 1. The molecule has 4 heteroatoms. The maximum absolute atomic E-state index is 11.3. The fourth-order valence-corrected chi connectivity index (χ4v) is 3.16. The van der Waals surface area contributed by atoms with Crippen molar-refractivity contribution < 1.29 is 14.0 Å². The summed E-state index contributed by atoms with van der Waals surface area (Å²) in [6, 6.07) is 10.1. The van der Waals surface area contributed by atoms with E-state index in [1.165, 1.54) is 13.2 Å². The van der Waals surface area contributed by atoms with Gasteiger partial charge in [0.25, 0.3) is 0 Å². The van der Waals surface area contributed by atoms with Crippen LogP contribution in [-0.4, -0.2) is 27.5 Å². The van der Waals surface area contributed by atoms with Crippen LogP contribution in [0.1, 0.15) is 32.8 Å². The summed E-state index contributed by atoms with van der Waals surface area (Å²) in [5.74, 6) is -0.340. The minimum Gasteiger partial charge on any atom is -0.466 e. The molecule has 1 atom stereocenters. The van der Waals surface area contributed by atoms with Crippen molar-refractivity contribution in [3.05, 3.63) is 54.1 Å². The van der Waals surface area contributed by atoms with Crippen molar-refractivity contribution in [2.75, 3.05) is 7.11 Å². The minimum atomic E-state index is -1.89. The minimum absolute atomic E-state index is 0.0630. The first kappa shape index (κ1) is 20.4. The molecule has 0 amide bonds. The summed E-state index contributed by atoms with van der Waals surface area (Å²) < 4.78 is 11.1. The zero-order chi connectivity index (χ0) is 18.2. The summed E-state index contributed by atoms with van der Waals surface area (Å²) in [4.78, 5) is 11.3. The lowest BCUT2D eigenvalue weighted by molar-refractivity contribution is -0.134. The smallest absolute Gasteiger partial charge is 0.330 e. The van der Waals surface area contributed by atoms with E-state index in [1.807, 2.05) is 24.3 Å². The average molecular weight is 347 g/mol. The maximum atomic E-state index is 11.3. The summed E-state index contributed by atoms with van der Waals surface area (Å²) in [5, 5.41) is 0.137. The Morgan fingerprint density at radius 1 is 1.21 bits per heavy atom. The quantitative estimate of drug-likeness (QED) is 0.386. The molecule has 0 radical (unpaired) electrons. The number of carbonyl (C=O) groups excluding carboxylic acids is 1. The fourth-order valence-electron chi connectivity index (χ4n) is 1.87. The van der Waals surface area contributed by atoms with Gasteiger partial charge in [-0.25, -0.2) is 4.79 Å². The molecule has 0 heterocycles. The van der Waals surface area contributed by atoms with E-state index in [1.54, 1.807) is 0 Å². The molecule has 0 bridgehead atoms. The average Bonchev–Trinajstić information content (AvgIpc) is 2.51. The van der Waals surface area contributed by atoms with Gasteiger partial charge in [0.1, 0.15) is 0 Å². The van der Waals surface area contributed by atoms with E-state index in [9.17, 15) is 4.79 Å². The molecule has 0 fully saturated rings. The third kappa shape index (κ3) is 6.85. The molecular weight excluding hydrogens is 316 g/mol. The van der Waals surface area contributed by atoms with Gasteiger partial charge in [-0.3, -0.25) is 0 Å². The van der Waals surface area contributed by atoms with E-state index in [-0.39, 0.29) is 17.1 Å². The SMILES string of the molecule is COC(=O)/C=C/CC(/C=C/c1ccccc1)O[Si](C)(C)C(C)(C)C. The number of ether oxygens (including phenoxy) is 1. The summed E-state index contributed by atoms with van der Waals surface area (Å²) in [6.07, 6.45) is 8.01. The predicted octanol–water partition coefficient (Wildman–Crippen LogP) is 5.21. The molecule has 0 N–H and O–H groups in total. The molecule has 1 unspecified atom stereocenters. The molecule has 24 heavy (non-hydrogen) atoms. The first-order chi connectivity index (χ1) is 11.2. The second-order valence-corrected chi connectivity index (χ2v) is 12.1. The molecule has 0 spiro atoms. The second kappa shape index (κ2) is 8.99. The van der Waals surface area contributed by atoms with Crippen LogP contribution in [0.5, 0.6) is 0 Å². The molecule has 0 aliphatic carbocycles. The predicted molar refractivity (Wildman–Crippen MR) is 103 cm³/mol. The Kier molecular flexibility index (Phi) is 7.64. The normalized spacial score (nSPS) is 14.2. The third-order valence-electron chi connectivity index (χ3n) is 4.38. The zero-order valence-corrected chi connectivity index (χ0v) is 16.7. The molecule has 1 aromatic rings. The van der Waals surface area contributed by atoms with Crippen molar-refractivity contribution in [2.24, 2.45) is 0 Å². The lowest BCUT2D eigenvalue weighted by atomic mass is 10.1. The molecule has 0 aromatic heterocycles. The van der Waals surface area contributed by atoms with Gasteiger partial charge in [-0.15, -0.1) is 0 Å². The largest absolute Gasteiger partial charge is 0.466 e. The van der Waals surface area contributed by atoms with E-state index in [0.717, 1.165) is 5.56 Å². The monoisotopic (exact) mass is 346 g/mol. The van der Waals surface area contributed by atoms with Crippen LogP contribution in [0.4, 0.5) is 0 Å². The van der Waals surface area contributed by atoms with Crippen LogP contribution in [0.15, 0.2) is 48.6 Å². The first-order valence-corrected chi connectivity index (χ1v) is 11.2. The van der Waals surface area contributed by atoms with Crippen LogP contribution in [0, 0.1) is 0 Å². The number of carbonyl (C=O) groups is 1. The molecule has 0 aliphatic rings. The standard InChI is InChI=1S/C20H30O3Si/c1-20(2,3)24(5,6)23-18(13-10-14-19(21)22-4)16-15-17-11-8-7-9-12-17/h7-12,14-16,18H,13H2,1-6H3/b14-10+,16-15+. The molecular formula is C20H30O3Si. The lowest BCUT2D eigenvalue weighted by Crippen LogP contribution is -2.43. The first-order valence-electron chi connectivity index (χ1n) is 8.31. The Morgan fingerprint density at radius 3 is 2.38 bits per heavy atom. The zero-order valence-electron chi connectivity index (χ0n) is 15.7. The van der Waals surface area contributed by atoms with Gasteiger partial charge < -0.3 is 9.16 Å². The molecule has 3 nitrogen and oxygen atoms in total. The lowest BCUT2D eigenvalue weighted by Gasteiger charge is -2.38. The second-order valence-electron chi connectivity index (χ2n) is 7.35. The van der Waals surface area contributed by atoms with E-state index >= 15 is 0 Å². The van der Waals surface area contributed by atoms with Gasteiger partial charge in [-0.05, 0) is 30.1 Å². The summed E-state index contributed by atoms with van der Waals surface area (Å²) in [5.41, 5.74) is 1.14. The van der Waals surface area contributed by atoms with E-state index in [4.69, 9.17) is 4.43 Å². The number of benzene rings is 1. The van der Waals surface area contributed by atoms with Gasteiger partial charge in [-0.2, -0.15) is 0 Å². The third-order valence-corrected chi connectivity index (χ3v) is 8.88. The van der Waals surface area contributed by atoms with Crippen molar-refractivity contribution in [3.63, 3.8) is 0 Å². The Morgan fingerprint density at radius 2 is 1.83 bits per heavy atom. The summed E-state index contributed by atoms with van der Waals surface area (Å²) >= 11 is 0. The maximum Gasteiger partial charge on any atom is 0.330 e. The Bertz CT molecular complexity index is 568. The van der Waals surface area contributed by atoms with Crippen LogP contribution in [0.25, 0.3) is 6.08 Å². The highest BCUT2D eigenvalue weighted by atomic mass is 28.4. The summed E-state index contributed by atoms with van der Waals surface area (Å²) in [6.45, 7) is 11.1. The van der Waals surface area contributed by atoms with E-state index in [0.29, 0.717) is 6.42 Å².